The molecule has 0 N–H and O–H groups in total. The first-order chi connectivity index (χ1) is 6.85. The van der Waals surface area contributed by atoms with Crippen molar-refractivity contribution in [2.75, 3.05) is 7.05 Å². The average molecular weight is 292 g/mol. The molecule has 0 fully saturated rings. The first kappa shape index (κ1) is 12.7. The minimum Gasteiger partial charge on any atom is -0.207 e. The summed E-state index contributed by atoms with van der Waals surface area (Å²) in [6.45, 7) is 3.69. The number of nitrogens with zero attached hydrogens (tertiary/aromatic N) is 1. The van der Waals surface area contributed by atoms with Gasteiger partial charge in [0.05, 0.1) is 4.90 Å². The highest BCUT2D eigenvalue weighted by Gasteiger charge is 2.22. The third-order valence-corrected chi connectivity index (χ3v) is 4.79. The van der Waals surface area contributed by atoms with Gasteiger partial charge in [-0.25, -0.2) is 8.42 Å². The molecule has 0 bridgehead atoms. The van der Waals surface area contributed by atoms with Gasteiger partial charge in [0, 0.05) is 17.6 Å². The van der Waals surface area contributed by atoms with Crippen LogP contribution in [0.25, 0.3) is 0 Å². The molecule has 0 unspecified atom stereocenters. The highest BCUT2D eigenvalue weighted by molar-refractivity contribution is 9.10. The molecule has 5 heteroatoms. The molecule has 3 nitrogen and oxygen atoms in total. The van der Waals surface area contributed by atoms with Crippen molar-refractivity contribution in [3.8, 4) is 0 Å². The Kier molecular flexibility index (Phi) is 3.92. The fraction of sp³-hybridized carbons (Fsp3) is 0.400. The maximum absolute atomic E-state index is 12.0. The van der Waals surface area contributed by atoms with Gasteiger partial charge in [-0.2, -0.15) is 4.31 Å². The van der Waals surface area contributed by atoms with E-state index >= 15 is 0 Å². The van der Waals surface area contributed by atoms with E-state index < -0.39 is 10.0 Å². The van der Waals surface area contributed by atoms with Gasteiger partial charge in [-0.15, -0.1) is 0 Å². The van der Waals surface area contributed by atoms with E-state index in [-0.39, 0.29) is 6.04 Å². The lowest BCUT2D eigenvalue weighted by molar-refractivity contribution is 0.410. The van der Waals surface area contributed by atoms with E-state index in [1.165, 1.54) is 4.31 Å². The fourth-order valence-electron chi connectivity index (χ4n) is 1.05. The minimum atomic E-state index is -3.34. The second-order valence-electron chi connectivity index (χ2n) is 3.57. The molecule has 0 radical (unpaired) electrons. The van der Waals surface area contributed by atoms with Crippen molar-refractivity contribution in [3.05, 3.63) is 28.7 Å². The topological polar surface area (TPSA) is 37.4 Å². The van der Waals surface area contributed by atoms with E-state index in [1.807, 2.05) is 13.8 Å². The Labute approximate surface area is 99.3 Å². The average Bonchev–Trinajstić information content (AvgIpc) is 2.17. The number of halogens is 1. The SMILES string of the molecule is CC(C)N(C)S(=O)(=O)c1ccc(Br)cc1. The van der Waals surface area contributed by atoms with E-state index in [4.69, 9.17) is 0 Å². The van der Waals surface area contributed by atoms with Crippen LogP contribution in [0, 0.1) is 0 Å². The molecule has 84 valence electrons. The number of hydrogen-bond donors (Lipinski definition) is 0. The lowest BCUT2D eigenvalue weighted by Gasteiger charge is -2.20. The van der Waals surface area contributed by atoms with Crippen molar-refractivity contribution in [1.82, 2.24) is 4.31 Å². The van der Waals surface area contributed by atoms with Crippen LogP contribution in [-0.4, -0.2) is 25.8 Å². The highest BCUT2D eigenvalue weighted by Crippen LogP contribution is 2.18. The van der Waals surface area contributed by atoms with E-state index in [2.05, 4.69) is 15.9 Å². The van der Waals surface area contributed by atoms with Crippen LogP contribution in [0.5, 0.6) is 0 Å². The maximum atomic E-state index is 12.0. The van der Waals surface area contributed by atoms with Gasteiger partial charge >= 0.3 is 0 Å². The Morgan fingerprint density at radius 2 is 1.67 bits per heavy atom. The minimum absolute atomic E-state index is 0.0429. The lowest BCUT2D eigenvalue weighted by atomic mass is 10.4. The molecule has 0 spiro atoms. The maximum Gasteiger partial charge on any atom is 0.243 e. The summed E-state index contributed by atoms with van der Waals surface area (Å²) >= 11 is 3.27. The number of benzene rings is 1. The van der Waals surface area contributed by atoms with Crippen molar-refractivity contribution in [2.24, 2.45) is 0 Å². The Morgan fingerprint density at radius 1 is 1.20 bits per heavy atom. The van der Waals surface area contributed by atoms with Gasteiger partial charge in [-0.05, 0) is 38.1 Å². The first-order valence-corrected chi connectivity index (χ1v) is 6.82. The largest absolute Gasteiger partial charge is 0.243 e. The van der Waals surface area contributed by atoms with Gasteiger partial charge in [0.1, 0.15) is 0 Å². The van der Waals surface area contributed by atoms with Crippen LogP contribution < -0.4 is 0 Å². The van der Waals surface area contributed by atoms with Crippen LogP contribution in [-0.2, 0) is 10.0 Å². The van der Waals surface area contributed by atoms with Crippen molar-refractivity contribution in [3.63, 3.8) is 0 Å². The summed E-state index contributed by atoms with van der Waals surface area (Å²) in [6, 6.07) is 6.59. The summed E-state index contributed by atoms with van der Waals surface area (Å²) in [6.07, 6.45) is 0. The molecule has 0 heterocycles. The van der Waals surface area contributed by atoms with Crippen LogP contribution in [0.2, 0.25) is 0 Å². The van der Waals surface area contributed by atoms with Gasteiger partial charge in [0.15, 0.2) is 0 Å². The lowest BCUT2D eigenvalue weighted by Crippen LogP contribution is -2.32. The van der Waals surface area contributed by atoms with Gasteiger partial charge in [0.25, 0.3) is 0 Å². The summed E-state index contributed by atoms with van der Waals surface area (Å²) < 4.78 is 26.2. The number of rotatable bonds is 3. The van der Waals surface area contributed by atoms with Crippen molar-refractivity contribution in [1.29, 1.82) is 0 Å². The molecule has 15 heavy (non-hydrogen) atoms. The van der Waals surface area contributed by atoms with Crippen LogP contribution in [0.15, 0.2) is 33.6 Å². The molecule has 1 rings (SSSR count). The van der Waals surface area contributed by atoms with E-state index in [1.54, 1.807) is 31.3 Å². The Hall–Kier alpha value is -0.390. The summed E-state index contributed by atoms with van der Waals surface area (Å²) in [5.41, 5.74) is 0. The van der Waals surface area contributed by atoms with E-state index in [0.717, 1.165) is 4.47 Å². The Balaban J connectivity index is 3.12. The summed E-state index contributed by atoms with van der Waals surface area (Å²) in [5, 5.41) is 0. The van der Waals surface area contributed by atoms with Crippen LogP contribution >= 0.6 is 15.9 Å². The van der Waals surface area contributed by atoms with Gasteiger partial charge in [-0.1, -0.05) is 15.9 Å². The molecule has 1 aromatic rings. The fourth-order valence-corrected chi connectivity index (χ4v) is 2.68. The van der Waals surface area contributed by atoms with Crippen LogP contribution in [0.3, 0.4) is 0 Å². The molecule has 0 saturated carbocycles. The normalized spacial score (nSPS) is 12.4. The summed E-state index contributed by atoms with van der Waals surface area (Å²) in [7, 11) is -1.76. The zero-order valence-electron chi connectivity index (χ0n) is 8.94. The molecule has 0 aliphatic heterocycles. The highest BCUT2D eigenvalue weighted by atomic mass is 79.9. The third kappa shape index (κ3) is 2.80. The zero-order valence-corrected chi connectivity index (χ0v) is 11.3. The molecule has 0 saturated heterocycles. The van der Waals surface area contributed by atoms with Crippen LogP contribution in [0.4, 0.5) is 0 Å². The molecule has 0 aliphatic rings. The second-order valence-corrected chi connectivity index (χ2v) is 6.48. The molecule has 0 aromatic heterocycles. The number of hydrogen-bond acceptors (Lipinski definition) is 2. The monoisotopic (exact) mass is 291 g/mol. The standard InChI is InChI=1S/C10H14BrNO2S/c1-8(2)12(3)15(13,14)10-6-4-9(11)5-7-10/h4-8H,1-3H3. The van der Waals surface area contributed by atoms with E-state index in [9.17, 15) is 8.42 Å². The molecular weight excluding hydrogens is 278 g/mol. The van der Waals surface area contributed by atoms with Gasteiger partial charge in [0.2, 0.25) is 10.0 Å². The number of sulfonamides is 1. The third-order valence-electron chi connectivity index (χ3n) is 2.22. The van der Waals surface area contributed by atoms with Crippen molar-refractivity contribution >= 4 is 26.0 Å². The molecule has 0 atom stereocenters. The first-order valence-electron chi connectivity index (χ1n) is 4.59. The predicted molar refractivity (Wildman–Crippen MR) is 64.2 cm³/mol. The molecule has 0 aliphatic carbocycles. The molecule has 0 amide bonds. The van der Waals surface area contributed by atoms with Crippen molar-refractivity contribution in [2.45, 2.75) is 24.8 Å². The van der Waals surface area contributed by atoms with Crippen molar-refractivity contribution < 1.29 is 8.42 Å². The second kappa shape index (κ2) is 4.63. The molecular formula is C10H14BrNO2S. The van der Waals surface area contributed by atoms with Gasteiger partial charge in [-0.3, -0.25) is 0 Å². The quantitative estimate of drug-likeness (QED) is 0.858. The Morgan fingerprint density at radius 3 is 2.07 bits per heavy atom. The van der Waals surface area contributed by atoms with Crippen LogP contribution in [0.1, 0.15) is 13.8 Å². The zero-order chi connectivity index (χ0) is 11.6. The van der Waals surface area contributed by atoms with Gasteiger partial charge < -0.3 is 0 Å². The summed E-state index contributed by atoms with van der Waals surface area (Å²) in [5.74, 6) is 0. The van der Waals surface area contributed by atoms with E-state index in [0.29, 0.717) is 4.90 Å². The summed E-state index contributed by atoms with van der Waals surface area (Å²) in [4.78, 5) is 0.321. The Bertz CT molecular complexity index is 425. The molecule has 1 aromatic carbocycles. The smallest absolute Gasteiger partial charge is 0.207 e. The predicted octanol–water partition coefficient (Wildman–Crippen LogP) is 2.48.